The minimum absolute atomic E-state index is 0.0349. The second-order valence-corrected chi connectivity index (χ2v) is 9.02. The van der Waals surface area contributed by atoms with Crippen LogP contribution in [0.2, 0.25) is 0 Å². The van der Waals surface area contributed by atoms with Gasteiger partial charge in [-0.3, -0.25) is 4.31 Å². The molecular formula is C19H21NO5S. The Morgan fingerprint density at radius 1 is 1.12 bits per heavy atom. The molecule has 0 aromatic heterocycles. The Kier molecular flexibility index (Phi) is 3.71. The van der Waals surface area contributed by atoms with Crippen LogP contribution in [-0.4, -0.2) is 34.3 Å². The Labute approximate surface area is 153 Å². The number of rotatable bonds is 4. The summed E-state index contributed by atoms with van der Waals surface area (Å²) in [4.78, 5) is 0.215. The van der Waals surface area contributed by atoms with Gasteiger partial charge in [0.2, 0.25) is 0 Å². The fourth-order valence-corrected chi connectivity index (χ4v) is 4.54. The molecule has 2 aromatic carbocycles. The molecule has 138 valence electrons. The first-order chi connectivity index (χ1) is 12.2. The van der Waals surface area contributed by atoms with E-state index in [9.17, 15) is 8.42 Å². The SMILES string of the molecule is COc1ccc(N(C)S(=O)(=O)c2ccc3c(c2)C2OC2C(C)(C)O3)cc1. The number of sulfonamides is 1. The van der Waals surface area contributed by atoms with Crippen molar-refractivity contribution in [3.8, 4) is 11.5 Å². The van der Waals surface area contributed by atoms with E-state index in [2.05, 4.69) is 0 Å². The van der Waals surface area contributed by atoms with Gasteiger partial charge in [0, 0.05) is 12.6 Å². The molecule has 26 heavy (non-hydrogen) atoms. The van der Waals surface area contributed by atoms with Crippen molar-refractivity contribution >= 4 is 15.7 Å². The monoisotopic (exact) mass is 375 g/mol. The number of ether oxygens (including phenoxy) is 3. The molecule has 0 bridgehead atoms. The van der Waals surface area contributed by atoms with E-state index >= 15 is 0 Å². The molecule has 2 atom stereocenters. The zero-order valence-electron chi connectivity index (χ0n) is 15.1. The Bertz CT molecular complexity index is 952. The molecule has 1 fully saturated rings. The highest BCUT2D eigenvalue weighted by Crippen LogP contribution is 2.54. The molecule has 4 rings (SSSR count). The minimum atomic E-state index is -3.70. The number of hydrogen-bond acceptors (Lipinski definition) is 5. The van der Waals surface area contributed by atoms with E-state index in [1.54, 1.807) is 49.6 Å². The van der Waals surface area contributed by atoms with E-state index in [1.807, 2.05) is 13.8 Å². The van der Waals surface area contributed by atoms with Crippen LogP contribution >= 0.6 is 0 Å². The lowest BCUT2D eigenvalue weighted by Crippen LogP contribution is -2.37. The maximum Gasteiger partial charge on any atom is 0.264 e. The first-order valence-electron chi connectivity index (χ1n) is 8.35. The number of nitrogens with zero attached hydrogens (tertiary/aromatic N) is 1. The van der Waals surface area contributed by atoms with Crippen LogP contribution in [0.15, 0.2) is 47.4 Å². The summed E-state index contributed by atoms with van der Waals surface area (Å²) < 4.78 is 44.1. The lowest BCUT2D eigenvalue weighted by molar-refractivity contribution is 0.0724. The maximum absolute atomic E-state index is 13.0. The predicted octanol–water partition coefficient (Wildman–Crippen LogP) is 3.13. The first-order valence-corrected chi connectivity index (χ1v) is 9.79. The number of benzene rings is 2. The summed E-state index contributed by atoms with van der Waals surface area (Å²) in [7, 11) is -0.594. The molecule has 2 heterocycles. The number of anilines is 1. The highest BCUT2D eigenvalue weighted by Gasteiger charge is 2.56. The summed E-state index contributed by atoms with van der Waals surface area (Å²) in [6, 6.07) is 11.8. The molecule has 2 unspecified atom stereocenters. The molecule has 1 saturated heterocycles. The maximum atomic E-state index is 13.0. The van der Waals surface area contributed by atoms with Crippen LogP contribution in [0.4, 0.5) is 5.69 Å². The zero-order valence-corrected chi connectivity index (χ0v) is 15.9. The molecule has 0 amide bonds. The Hall–Kier alpha value is -2.25. The normalized spacial score (nSPS) is 22.6. The van der Waals surface area contributed by atoms with Crippen molar-refractivity contribution in [1.29, 1.82) is 0 Å². The molecular weight excluding hydrogens is 354 g/mol. The van der Waals surface area contributed by atoms with Gasteiger partial charge in [-0.25, -0.2) is 8.42 Å². The van der Waals surface area contributed by atoms with Crippen molar-refractivity contribution < 1.29 is 22.6 Å². The van der Waals surface area contributed by atoms with Crippen LogP contribution in [0.1, 0.15) is 25.5 Å². The molecule has 7 heteroatoms. The van der Waals surface area contributed by atoms with E-state index in [4.69, 9.17) is 14.2 Å². The van der Waals surface area contributed by atoms with E-state index in [0.717, 1.165) is 5.56 Å². The molecule has 2 aromatic rings. The third kappa shape index (κ3) is 2.62. The van der Waals surface area contributed by atoms with Gasteiger partial charge in [-0.05, 0) is 56.3 Å². The molecule has 0 aliphatic carbocycles. The molecule has 6 nitrogen and oxygen atoms in total. The number of hydrogen-bond donors (Lipinski definition) is 0. The van der Waals surface area contributed by atoms with Crippen molar-refractivity contribution in [2.75, 3.05) is 18.5 Å². The fraction of sp³-hybridized carbons (Fsp3) is 0.368. The van der Waals surface area contributed by atoms with Crippen LogP contribution in [-0.2, 0) is 14.8 Å². The molecule has 0 radical (unpaired) electrons. The second kappa shape index (κ2) is 5.62. The van der Waals surface area contributed by atoms with E-state index in [1.165, 1.54) is 11.4 Å². The average molecular weight is 375 g/mol. The van der Waals surface area contributed by atoms with Crippen LogP contribution in [0.5, 0.6) is 11.5 Å². The van der Waals surface area contributed by atoms with E-state index in [-0.39, 0.29) is 17.1 Å². The summed E-state index contributed by atoms with van der Waals surface area (Å²) >= 11 is 0. The van der Waals surface area contributed by atoms with Crippen molar-refractivity contribution in [3.63, 3.8) is 0 Å². The standard InChI is InChI=1S/C19H21NO5S/c1-19(2)18-17(24-18)15-11-14(9-10-16(15)25-19)26(21,22)20(3)12-5-7-13(23-4)8-6-12/h5-11,17-18H,1-4H3. The topological polar surface area (TPSA) is 68.4 Å². The van der Waals surface area contributed by atoms with E-state index < -0.39 is 15.6 Å². The van der Waals surface area contributed by atoms with Crippen LogP contribution in [0, 0.1) is 0 Å². The summed E-state index contributed by atoms with van der Waals surface area (Å²) in [5, 5.41) is 0. The molecule has 2 aliphatic heterocycles. The van der Waals surface area contributed by atoms with Gasteiger partial charge in [-0.2, -0.15) is 0 Å². The van der Waals surface area contributed by atoms with Crippen LogP contribution in [0.3, 0.4) is 0 Å². The fourth-order valence-electron chi connectivity index (χ4n) is 3.31. The highest BCUT2D eigenvalue weighted by molar-refractivity contribution is 7.92. The van der Waals surface area contributed by atoms with Gasteiger partial charge >= 0.3 is 0 Å². The summed E-state index contributed by atoms with van der Waals surface area (Å²) in [5.41, 5.74) is 0.942. The van der Waals surface area contributed by atoms with Gasteiger partial charge in [0.25, 0.3) is 10.0 Å². The van der Waals surface area contributed by atoms with Gasteiger partial charge in [0.1, 0.15) is 29.3 Å². The highest BCUT2D eigenvalue weighted by atomic mass is 32.2. The molecule has 0 spiro atoms. The number of methoxy groups -OCH3 is 1. The molecule has 2 aliphatic rings. The zero-order chi connectivity index (χ0) is 18.7. The lowest BCUT2D eigenvalue weighted by Gasteiger charge is -2.30. The summed E-state index contributed by atoms with van der Waals surface area (Å²) in [6.07, 6.45) is -0.137. The van der Waals surface area contributed by atoms with Crippen molar-refractivity contribution in [2.45, 2.75) is 36.6 Å². The van der Waals surface area contributed by atoms with Gasteiger partial charge in [-0.15, -0.1) is 0 Å². The quantitative estimate of drug-likeness (QED) is 0.768. The van der Waals surface area contributed by atoms with Gasteiger partial charge in [-0.1, -0.05) is 0 Å². The summed E-state index contributed by atoms with van der Waals surface area (Å²) in [6.45, 7) is 3.95. The average Bonchev–Trinajstić information content (AvgIpc) is 3.43. The Morgan fingerprint density at radius 2 is 1.81 bits per heavy atom. The molecule has 0 N–H and O–H groups in total. The first kappa shape index (κ1) is 17.2. The smallest absolute Gasteiger partial charge is 0.264 e. The van der Waals surface area contributed by atoms with Crippen molar-refractivity contribution in [1.82, 2.24) is 0 Å². The predicted molar refractivity (Wildman–Crippen MR) is 97.3 cm³/mol. The van der Waals surface area contributed by atoms with Crippen LogP contribution < -0.4 is 13.8 Å². The third-order valence-electron chi connectivity index (χ3n) is 4.93. The number of fused-ring (bicyclic) bond motifs is 3. The summed E-state index contributed by atoms with van der Waals surface area (Å²) in [5.74, 6) is 1.35. The van der Waals surface area contributed by atoms with Crippen molar-refractivity contribution in [3.05, 3.63) is 48.0 Å². The Morgan fingerprint density at radius 3 is 2.46 bits per heavy atom. The van der Waals surface area contributed by atoms with Gasteiger partial charge in [0.05, 0.1) is 17.7 Å². The number of epoxide rings is 1. The second-order valence-electron chi connectivity index (χ2n) is 7.05. The van der Waals surface area contributed by atoms with E-state index in [0.29, 0.717) is 17.2 Å². The van der Waals surface area contributed by atoms with Gasteiger partial charge < -0.3 is 14.2 Å². The van der Waals surface area contributed by atoms with Crippen molar-refractivity contribution in [2.24, 2.45) is 0 Å². The largest absolute Gasteiger partial charge is 0.497 e. The molecule has 0 saturated carbocycles. The van der Waals surface area contributed by atoms with Crippen LogP contribution in [0.25, 0.3) is 0 Å². The Balaban J connectivity index is 1.67. The third-order valence-corrected chi connectivity index (χ3v) is 6.71. The van der Waals surface area contributed by atoms with Gasteiger partial charge in [0.15, 0.2) is 0 Å². The lowest BCUT2D eigenvalue weighted by atomic mass is 9.94. The minimum Gasteiger partial charge on any atom is -0.497 e.